The van der Waals surface area contributed by atoms with Crippen LogP contribution in [0, 0.1) is 13.8 Å². The van der Waals surface area contributed by atoms with Crippen LogP contribution in [0.5, 0.6) is 0 Å². The quantitative estimate of drug-likeness (QED) is 0.442. The Labute approximate surface area is 181 Å². The van der Waals surface area contributed by atoms with Crippen LogP contribution < -0.4 is 5.32 Å². The molecule has 5 rings (SSSR count). The van der Waals surface area contributed by atoms with E-state index >= 15 is 0 Å². The van der Waals surface area contributed by atoms with E-state index in [4.69, 9.17) is 10.1 Å². The van der Waals surface area contributed by atoms with Crippen molar-refractivity contribution < 1.29 is 0 Å². The first-order valence-corrected chi connectivity index (χ1v) is 10.3. The Bertz CT molecular complexity index is 1350. The van der Waals surface area contributed by atoms with Crippen LogP contribution in [0.3, 0.4) is 0 Å². The van der Waals surface area contributed by atoms with Gasteiger partial charge in [-0.25, -0.2) is 9.67 Å². The molecule has 0 aliphatic carbocycles. The fraction of sp³-hybridized carbons (Fsp3) is 0.160. The van der Waals surface area contributed by atoms with Crippen LogP contribution in [-0.4, -0.2) is 24.5 Å². The second-order valence-electron chi connectivity index (χ2n) is 7.77. The molecule has 6 nitrogen and oxygen atoms in total. The third kappa shape index (κ3) is 3.57. The number of aromatic nitrogens is 5. The molecule has 0 aliphatic heterocycles. The van der Waals surface area contributed by atoms with E-state index in [0.29, 0.717) is 0 Å². The zero-order valence-corrected chi connectivity index (χ0v) is 17.9. The van der Waals surface area contributed by atoms with E-state index in [1.165, 1.54) is 5.56 Å². The predicted molar refractivity (Wildman–Crippen MR) is 124 cm³/mol. The van der Waals surface area contributed by atoms with Crippen LogP contribution in [0.2, 0.25) is 0 Å². The van der Waals surface area contributed by atoms with Gasteiger partial charge in [-0.15, -0.1) is 0 Å². The van der Waals surface area contributed by atoms with Crippen molar-refractivity contribution in [1.29, 1.82) is 0 Å². The van der Waals surface area contributed by atoms with Gasteiger partial charge in [0, 0.05) is 37.2 Å². The number of anilines is 1. The van der Waals surface area contributed by atoms with Crippen molar-refractivity contribution in [3.63, 3.8) is 0 Å². The van der Waals surface area contributed by atoms with Gasteiger partial charge in [-0.3, -0.25) is 4.68 Å². The second-order valence-corrected chi connectivity index (χ2v) is 7.77. The minimum atomic E-state index is 0.748. The fourth-order valence-electron chi connectivity index (χ4n) is 3.99. The van der Waals surface area contributed by atoms with Crippen LogP contribution >= 0.6 is 0 Å². The van der Waals surface area contributed by atoms with Crippen molar-refractivity contribution in [3.8, 4) is 16.9 Å². The van der Waals surface area contributed by atoms with Gasteiger partial charge >= 0.3 is 0 Å². The van der Waals surface area contributed by atoms with Gasteiger partial charge in [0.15, 0.2) is 0 Å². The number of benzene rings is 2. The van der Waals surface area contributed by atoms with Crippen LogP contribution in [0.4, 0.5) is 5.69 Å². The summed E-state index contributed by atoms with van der Waals surface area (Å²) >= 11 is 0. The van der Waals surface area contributed by atoms with Crippen LogP contribution in [0.25, 0.3) is 28.0 Å². The highest BCUT2D eigenvalue weighted by Crippen LogP contribution is 2.33. The van der Waals surface area contributed by atoms with E-state index in [1.54, 1.807) is 6.20 Å². The Kier molecular flexibility index (Phi) is 4.75. The van der Waals surface area contributed by atoms with Gasteiger partial charge in [0.1, 0.15) is 16.7 Å². The topological polar surface area (TPSA) is 60.6 Å². The summed E-state index contributed by atoms with van der Waals surface area (Å²) in [5.74, 6) is 0. The lowest BCUT2D eigenvalue weighted by molar-refractivity contribution is 0.800. The van der Waals surface area contributed by atoms with Crippen molar-refractivity contribution in [2.45, 2.75) is 20.4 Å². The summed E-state index contributed by atoms with van der Waals surface area (Å²) in [6.07, 6.45) is 3.73. The lowest BCUT2D eigenvalue weighted by Crippen LogP contribution is -2.03. The summed E-state index contributed by atoms with van der Waals surface area (Å²) in [7, 11) is 1.98. The Morgan fingerprint density at radius 2 is 1.81 bits per heavy atom. The van der Waals surface area contributed by atoms with Gasteiger partial charge < -0.3 is 5.32 Å². The number of hydrogen-bond donors (Lipinski definition) is 1. The number of rotatable bonds is 5. The largest absolute Gasteiger partial charge is 0.379 e. The summed E-state index contributed by atoms with van der Waals surface area (Å²) < 4.78 is 3.78. The molecule has 154 valence electrons. The molecule has 2 aromatic carbocycles. The molecular formula is C25H24N6. The van der Waals surface area contributed by atoms with Gasteiger partial charge in [-0.2, -0.15) is 10.2 Å². The van der Waals surface area contributed by atoms with Gasteiger partial charge in [-0.05, 0) is 49.2 Å². The molecule has 3 heterocycles. The smallest absolute Gasteiger partial charge is 0.119 e. The summed E-state index contributed by atoms with van der Waals surface area (Å²) in [5.41, 5.74) is 9.29. The van der Waals surface area contributed by atoms with E-state index < -0.39 is 0 Å². The number of nitrogens with one attached hydrogen (secondary N) is 1. The molecule has 0 saturated carbocycles. The Morgan fingerprint density at radius 1 is 0.968 bits per heavy atom. The Morgan fingerprint density at radius 3 is 2.55 bits per heavy atom. The highest BCUT2D eigenvalue weighted by molar-refractivity contribution is 5.98. The number of fused-ring (bicyclic) bond motifs is 1. The van der Waals surface area contributed by atoms with Gasteiger partial charge in [0.25, 0.3) is 0 Å². The van der Waals surface area contributed by atoms with Crippen LogP contribution in [0.1, 0.15) is 16.8 Å². The highest BCUT2D eigenvalue weighted by atomic mass is 15.3. The summed E-state index contributed by atoms with van der Waals surface area (Å²) in [6, 6.07) is 20.7. The SMILES string of the molecule is Cc1cc(NCc2ccccc2)c2c(n1)c(-c1ccc(-n3cccn3)cc1C)nn2C. The molecule has 0 fully saturated rings. The molecule has 0 atom stereocenters. The van der Waals surface area contributed by atoms with Crippen molar-refractivity contribution in [2.75, 3.05) is 5.32 Å². The molecular weight excluding hydrogens is 384 g/mol. The molecule has 31 heavy (non-hydrogen) atoms. The third-order valence-electron chi connectivity index (χ3n) is 5.48. The Balaban J connectivity index is 1.57. The lowest BCUT2D eigenvalue weighted by atomic mass is 10.0. The molecule has 0 radical (unpaired) electrons. The summed E-state index contributed by atoms with van der Waals surface area (Å²) in [6.45, 7) is 4.88. The maximum absolute atomic E-state index is 4.86. The Hall–Kier alpha value is -3.93. The predicted octanol–water partition coefficient (Wildman–Crippen LogP) is 5.05. The first kappa shape index (κ1) is 19.1. The number of pyridine rings is 1. The fourth-order valence-corrected chi connectivity index (χ4v) is 3.99. The summed E-state index contributed by atoms with van der Waals surface area (Å²) in [4.78, 5) is 4.86. The number of hydrogen-bond acceptors (Lipinski definition) is 4. The first-order chi connectivity index (χ1) is 15.1. The number of nitrogens with zero attached hydrogens (tertiary/aromatic N) is 5. The second kappa shape index (κ2) is 7.72. The number of aryl methyl sites for hydroxylation is 3. The molecule has 0 bridgehead atoms. The van der Waals surface area contributed by atoms with Crippen LogP contribution in [-0.2, 0) is 13.6 Å². The van der Waals surface area contributed by atoms with E-state index in [-0.39, 0.29) is 0 Å². The minimum Gasteiger partial charge on any atom is -0.379 e. The summed E-state index contributed by atoms with van der Waals surface area (Å²) in [5, 5.41) is 12.8. The van der Waals surface area contributed by atoms with Crippen molar-refractivity contribution in [3.05, 3.63) is 89.9 Å². The molecule has 1 N–H and O–H groups in total. The molecule has 6 heteroatoms. The lowest BCUT2D eigenvalue weighted by Gasteiger charge is -2.10. The van der Waals surface area contributed by atoms with Gasteiger partial charge in [0.2, 0.25) is 0 Å². The average Bonchev–Trinajstić information content (AvgIpc) is 3.41. The molecule has 3 aromatic heterocycles. The van der Waals surface area contributed by atoms with Crippen molar-refractivity contribution in [2.24, 2.45) is 7.05 Å². The molecule has 0 spiro atoms. The molecule has 0 amide bonds. The molecule has 0 aliphatic rings. The van der Waals surface area contributed by atoms with Gasteiger partial charge in [0.05, 0.1) is 11.4 Å². The molecule has 5 aromatic rings. The zero-order chi connectivity index (χ0) is 21.4. The third-order valence-corrected chi connectivity index (χ3v) is 5.48. The monoisotopic (exact) mass is 408 g/mol. The van der Waals surface area contributed by atoms with E-state index in [0.717, 1.165) is 51.5 Å². The standard InChI is InChI=1S/C25H24N6/c1-17-14-20(31-13-7-12-27-31)10-11-21(17)23-24-25(30(3)29-23)22(15-18(2)28-24)26-16-19-8-5-4-6-9-19/h4-15H,16H2,1-3H3,(H,26,28). The molecule has 0 saturated heterocycles. The average molecular weight is 409 g/mol. The van der Waals surface area contributed by atoms with Crippen LogP contribution in [0.15, 0.2) is 73.1 Å². The zero-order valence-electron chi connectivity index (χ0n) is 17.9. The van der Waals surface area contributed by atoms with Crippen molar-refractivity contribution in [1.82, 2.24) is 24.5 Å². The molecule has 0 unspecified atom stereocenters. The first-order valence-electron chi connectivity index (χ1n) is 10.3. The maximum atomic E-state index is 4.86. The minimum absolute atomic E-state index is 0.748. The highest BCUT2D eigenvalue weighted by Gasteiger charge is 2.18. The normalized spacial score (nSPS) is 11.2. The maximum Gasteiger partial charge on any atom is 0.119 e. The van der Waals surface area contributed by atoms with Crippen molar-refractivity contribution >= 4 is 16.7 Å². The van der Waals surface area contributed by atoms with Gasteiger partial charge in [-0.1, -0.05) is 36.4 Å². The van der Waals surface area contributed by atoms with E-state index in [9.17, 15) is 0 Å². The van der Waals surface area contributed by atoms with E-state index in [1.807, 2.05) is 41.7 Å². The van der Waals surface area contributed by atoms with E-state index in [2.05, 4.69) is 65.9 Å².